The van der Waals surface area contributed by atoms with Gasteiger partial charge >= 0.3 is 0 Å². The molecule has 5 rings (SSSR count). The predicted octanol–water partition coefficient (Wildman–Crippen LogP) is 9.29. The van der Waals surface area contributed by atoms with E-state index in [-0.39, 0.29) is 10.8 Å². The summed E-state index contributed by atoms with van der Waals surface area (Å²) >= 11 is 3.75. The summed E-state index contributed by atoms with van der Waals surface area (Å²) in [7, 11) is 0. The summed E-state index contributed by atoms with van der Waals surface area (Å²) in [6, 6.07) is 27.1. The third-order valence-corrected chi connectivity index (χ3v) is 7.28. The van der Waals surface area contributed by atoms with Gasteiger partial charge in [-0.25, -0.2) is 0 Å². The first-order chi connectivity index (χ1) is 15.1. The molecule has 0 saturated carbocycles. The van der Waals surface area contributed by atoms with Crippen LogP contribution in [0.3, 0.4) is 0 Å². The number of aromatic nitrogens is 1. The van der Waals surface area contributed by atoms with Crippen molar-refractivity contribution < 1.29 is 0 Å². The number of nitrogens with zero attached hydrogens (tertiary/aromatic N) is 1. The summed E-state index contributed by atoms with van der Waals surface area (Å²) in [5.41, 5.74) is 6.67. The van der Waals surface area contributed by atoms with Crippen molar-refractivity contribution in [2.75, 3.05) is 0 Å². The molecule has 0 amide bonds. The van der Waals surface area contributed by atoms with Gasteiger partial charge in [0.15, 0.2) is 0 Å². The highest BCUT2D eigenvalue weighted by molar-refractivity contribution is 9.10. The van der Waals surface area contributed by atoms with Crippen LogP contribution in [0.25, 0.3) is 38.3 Å². The fourth-order valence-electron chi connectivity index (χ4n) is 4.66. The lowest BCUT2D eigenvalue weighted by Gasteiger charge is -2.19. The van der Waals surface area contributed by atoms with Crippen LogP contribution in [0.15, 0.2) is 77.3 Å². The third-order valence-electron chi connectivity index (χ3n) is 6.59. The maximum atomic E-state index is 3.75. The molecular weight excluding hydrogens is 454 g/mol. The van der Waals surface area contributed by atoms with Crippen molar-refractivity contribution in [1.82, 2.24) is 4.57 Å². The summed E-state index contributed by atoms with van der Waals surface area (Å²) in [6.07, 6.45) is 0. The lowest BCUT2D eigenvalue weighted by atomic mass is 9.85. The highest BCUT2D eigenvalue weighted by atomic mass is 79.9. The van der Waals surface area contributed by atoms with Gasteiger partial charge in [-0.05, 0) is 63.7 Å². The van der Waals surface area contributed by atoms with Crippen LogP contribution in [0.4, 0.5) is 0 Å². The van der Waals surface area contributed by atoms with Gasteiger partial charge in [0.25, 0.3) is 0 Å². The Morgan fingerprint density at radius 3 is 1.56 bits per heavy atom. The Hall–Kier alpha value is -2.58. The minimum absolute atomic E-state index is 0.106. The summed E-state index contributed by atoms with van der Waals surface area (Å²) in [5.74, 6) is 0. The summed E-state index contributed by atoms with van der Waals surface area (Å²) < 4.78 is 3.57. The highest BCUT2D eigenvalue weighted by Crippen LogP contribution is 2.39. The van der Waals surface area contributed by atoms with E-state index in [2.05, 4.69) is 135 Å². The topological polar surface area (TPSA) is 4.93 Å². The molecule has 0 spiro atoms. The van der Waals surface area contributed by atoms with Crippen molar-refractivity contribution >= 4 is 48.5 Å². The number of fused-ring (bicyclic) bond motifs is 4. The summed E-state index contributed by atoms with van der Waals surface area (Å²) in [5, 5.41) is 5.13. The van der Waals surface area contributed by atoms with Crippen LogP contribution in [0.2, 0.25) is 0 Å². The van der Waals surface area contributed by atoms with E-state index in [0.29, 0.717) is 0 Å². The van der Waals surface area contributed by atoms with Crippen molar-refractivity contribution in [3.05, 3.63) is 88.4 Å². The maximum absolute atomic E-state index is 3.75. The molecule has 5 aromatic rings. The van der Waals surface area contributed by atoms with E-state index in [1.807, 2.05) is 0 Å². The van der Waals surface area contributed by atoms with Gasteiger partial charge in [-0.1, -0.05) is 93.9 Å². The zero-order chi connectivity index (χ0) is 22.8. The molecule has 1 heterocycles. The predicted molar refractivity (Wildman–Crippen MR) is 143 cm³/mol. The monoisotopic (exact) mass is 483 g/mol. The lowest BCUT2D eigenvalue weighted by molar-refractivity contribution is 0.590. The van der Waals surface area contributed by atoms with Gasteiger partial charge in [-0.15, -0.1) is 0 Å². The van der Waals surface area contributed by atoms with Crippen LogP contribution < -0.4 is 0 Å². The van der Waals surface area contributed by atoms with Crippen LogP contribution in [0.1, 0.15) is 52.7 Å². The molecule has 2 heteroatoms. The largest absolute Gasteiger partial charge is 0.309 e. The van der Waals surface area contributed by atoms with Crippen LogP contribution >= 0.6 is 15.9 Å². The van der Waals surface area contributed by atoms with Crippen molar-refractivity contribution in [3.63, 3.8) is 0 Å². The summed E-state index contributed by atoms with van der Waals surface area (Å²) in [6.45, 7) is 13.7. The fraction of sp³-hybridized carbons (Fsp3) is 0.267. The maximum Gasteiger partial charge on any atom is 0.0541 e. The van der Waals surface area contributed by atoms with Crippen molar-refractivity contribution in [2.45, 2.75) is 52.4 Å². The van der Waals surface area contributed by atoms with E-state index in [4.69, 9.17) is 0 Å². The number of hydrogen-bond donors (Lipinski definition) is 0. The van der Waals surface area contributed by atoms with E-state index >= 15 is 0 Å². The number of benzene rings is 4. The average molecular weight is 484 g/mol. The normalized spacial score (nSPS) is 12.8. The van der Waals surface area contributed by atoms with Gasteiger partial charge in [0.2, 0.25) is 0 Å². The van der Waals surface area contributed by atoms with E-state index in [0.717, 1.165) is 4.47 Å². The Morgan fingerprint density at radius 1 is 0.562 bits per heavy atom. The van der Waals surface area contributed by atoms with E-state index < -0.39 is 0 Å². The quantitative estimate of drug-likeness (QED) is 0.223. The Kier molecular flexibility index (Phi) is 4.80. The van der Waals surface area contributed by atoms with Crippen molar-refractivity contribution in [1.29, 1.82) is 0 Å². The van der Waals surface area contributed by atoms with Crippen LogP contribution in [0.5, 0.6) is 0 Å². The number of rotatable bonds is 1. The van der Waals surface area contributed by atoms with Crippen LogP contribution in [-0.2, 0) is 10.8 Å². The zero-order valence-electron chi connectivity index (χ0n) is 19.8. The molecular formula is C30H30BrN. The van der Waals surface area contributed by atoms with Crippen LogP contribution in [0, 0.1) is 0 Å². The van der Waals surface area contributed by atoms with Crippen LogP contribution in [-0.4, -0.2) is 4.57 Å². The number of hydrogen-bond acceptors (Lipinski definition) is 0. The molecule has 0 bridgehead atoms. The lowest BCUT2D eigenvalue weighted by Crippen LogP contribution is -2.10. The van der Waals surface area contributed by atoms with E-state index in [1.165, 1.54) is 49.4 Å². The second kappa shape index (κ2) is 7.22. The first kappa shape index (κ1) is 21.3. The molecule has 0 N–H and O–H groups in total. The molecule has 32 heavy (non-hydrogen) atoms. The van der Waals surface area contributed by atoms with Crippen molar-refractivity contribution in [3.8, 4) is 5.69 Å². The molecule has 0 aliphatic carbocycles. The third kappa shape index (κ3) is 3.36. The Morgan fingerprint density at radius 2 is 1.06 bits per heavy atom. The van der Waals surface area contributed by atoms with Gasteiger partial charge in [0.05, 0.1) is 16.7 Å². The van der Waals surface area contributed by atoms with Crippen molar-refractivity contribution in [2.24, 2.45) is 0 Å². The first-order valence-electron chi connectivity index (χ1n) is 11.3. The Labute approximate surface area is 199 Å². The van der Waals surface area contributed by atoms with E-state index in [9.17, 15) is 0 Å². The minimum Gasteiger partial charge on any atom is -0.309 e. The van der Waals surface area contributed by atoms with E-state index in [1.54, 1.807) is 0 Å². The molecule has 1 aromatic heterocycles. The Balaban J connectivity index is 1.94. The minimum atomic E-state index is 0.106. The molecule has 0 unspecified atom stereocenters. The molecule has 0 aliphatic heterocycles. The molecule has 1 nitrogen and oxygen atoms in total. The molecule has 0 fully saturated rings. The van der Waals surface area contributed by atoms with Gasteiger partial charge in [-0.2, -0.15) is 0 Å². The molecule has 0 radical (unpaired) electrons. The smallest absolute Gasteiger partial charge is 0.0541 e. The highest BCUT2D eigenvalue weighted by Gasteiger charge is 2.21. The SMILES string of the molecule is CC(C)(C)c1ccc2c(c1)c1cc(C(C)(C)C)ccc1n2-c1ccc(Br)c2ccccc12. The average Bonchev–Trinajstić information content (AvgIpc) is 3.06. The molecule has 0 aliphatic rings. The van der Waals surface area contributed by atoms with Gasteiger partial charge < -0.3 is 4.57 Å². The molecule has 0 atom stereocenters. The Bertz CT molecular complexity index is 1420. The molecule has 162 valence electrons. The second-order valence-electron chi connectivity index (χ2n) is 10.9. The zero-order valence-corrected chi connectivity index (χ0v) is 21.3. The van der Waals surface area contributed by atoms with Gasteiger partial charge in [0, 0.05) is 20.6 Å². The first-order valence-corrected chi connectivity index (χ1v) is 12.1. The standard InChI is InChI=1S/C30H30BrN/c1-29(2,3)19-11-14-27-23(17-19)24-18-20(30(4,5)6)12-15-28(24)32(27)26-16-13-25(31)21-9-7-8-10-22(21)26/h7-18H,1-6H3. The molecule has 4 aromatic carbocycles. The fourth-order valence-corrected chi connectivity index (χ4v) is 5.14. The summed E-state index contributed by atoms with van der Waals surface area (Å²) in [4.78, 5) is 0. The molecule has 0 saturated heterocycles. The van der Waals surface area contributed by atoms with Gasteiger partial charge in [0.1, 0.15) is 0 Å². The van der Waals surface area contributed by atoms with Gasteiger partial charge in [-0.3, -0.25) is 0 Å². The number of halogens is 1. The second-order valence-corrected chi connectivity index (χ2v) is 11.8.